The van der Waals surface area contributed by atoms with Crippen molar-refractivity contribution in [3.63, 3.8) is 0 Å². The summed E-state index contributed by atoms with van der Waals surface area (Å²) in [7, 11) is 3.48. The van der Waals surface area contributed by atoms with Crippen LogP contribution in [0.25, 0.3) is 0 Å². The predicted octanol–water partition coefficient (Wildman–Crippen LogP) is 1.77. The van der Waals surface area contributed by atoms with Crippen LogP contribution in [-0.4, -0.2) is 50.3 Å². The third kappa shape index (κ3) is 5.39. The molecule has 2 N–H and O–H groups in total. The Morgan fingerprint density at radius 2 is 2.04 bits per heavy atom. The van der Waals surface area contributed by atoms with E-state index in [-0.39, 0.29) is 5.60 Å². The molecule has 2 rings (SSSR count). The average molecular weight is 319 g/mol. The van der Waals surface area contributed by atoms with Crippen LogP contribution < -0.4 is 15.5 Å². The van der Waals surface area contributed by atoms with Crippen molar-refractivity contribution in [3.05, 3.63) is 23.9 Å². The molecule has 0 atom stereocenters. The number of methoxy groups -OCH3 is 1. The fourth-order valence-corrected chi connectivity index (χ4v) is 2.43. The van der Waals surface area contributed by atoms with Crippen LogP contribution in [0.1, 0.15) is 32.3 Å². The first-order valence-electron chi connectivity index (χ1n) is 8.23. The first-order valence-corrected chi connectivity index (χ1v) is 8.23. The Kier molecular flexibility index (Phi) is 6.21. The van der Waals surface area contributed by atoms with Crippen molar-refractivity contribution < 1.29 is 4.74 Å². The summed E-state index contributed by atoms with van der Waals surface area (Å²) in [5.74, 6) is 1.84. The quantitative estimate of drug-likeness (QED) is 0.618. The van der Waals surface area contributed by atoms with Crippen molar-refractivity contribution in [2.24, 2.45) is 4.99 Å². The Balaban J connectivity index is 1.81. The fraction of sp³-hybridized carbons (Fsp3) is 0.647. The molecule has 2 heterocycles. The fourth-order valence-electron chi connectivity index (χ4n) is 2.43. The smallest absolute Gasteiger partial charge is 0.191 e. The van der Waals surface area contributed by atoms with Gasteiger partial charge in [0.25, 0.3) is 0 Å². The molecule has 1 aromatic heterocycles. The molecule has 1 aliphatic rings. The van der Waals surface area contributed by atoms with Crippen LogP contribution in [0.3, 0.4) is 0 Å². The Hall–Kier alpha value is -1.82. The number of guanidine groups is 1. The summed E-state index contributed by atoms with van der Waals surface area (Å²) in [6, 6.07) is 4.23. The lowest BCUT2D eigenvalue weighted by Gasteiger charge is -2.24. The van der Waals surface area contributed by atoms with Crippen molar-refractivity contribution in [2.75, 3.05) is 38.7 Å². The van der Waals surface area contributed by atoms with Gasteiger partial charge in [-0.1, -0.05) is 6.07 Å². The van der Waals surface area contributed by atoms with Crippen LogP contribution in [0.2, 0.25) is 0 Å². The summed E-state index contributed by atoms with van der Waals surface area (Å²) >= 11 is 0. The minimum atomic E-state index is -0.226. The molecule has 23 heavy (non-hydrogen) atoms. The average Bonchev–Trinajstić information content (AvgIpc) is 3.10. The topological polar surface area (TPSA) is 61.8 Å². The normalized spacial score (nSPS) is 15.8. The molecule has 0 aliphatic carbocycles. The number of hydrogen-bond donors (Lipinski definition) is 2. The van der Waals surface area contributed by atoms with Crippen LogP contribution in [0.15, 0.2) is 23.3 Å². The van der Waals surface area contributed by atoms with Crippen molar-refractivity contribution in [2.45, 2.75) is 38.8 Å². The Morgan fingerprint density at radius 1 is 1.30 bits per heavy atom. The molecule has 0 spiro atoms. The van der Waals surface area contributed by atoms with E-state index in [1.165, 1.54) is 12.8 Å². The second-order valence-electron chi connectivity index (χ2n) is 6.46. The van der Waals surface area contributed by atoms with Gasteiger partial charge in [-0.15, -0.1) is 0 Å². The van der Waals surface area contributed by atoms with Gasteiger partial charge >= 0.3 is 0 Å². The summed E-state index contributed by atoms with van der Waals surface area (Å²) in [6.45, 7) is 7.70. The largest absolute Gasteiger partial charge is 0.377 e. The highest BCUT2D eigenvalue weighted by atomic mass is 16.5. The number of aromatic nitrogens is 1. The van der Waals surface area contributed by atoms with E-state index in [2.05, 4.69) is 37.6 Å². The first kappa shape index (κ1) is 17.5. The molecule has 0 unspecified atom stereocenters. The summed E-state index contributed by atoms with van der Waals surface area (Å²) in [5.41, 5.74) is 0.915. The number of nitrogens with one attached hydrogen (secondary N) is 2. The highest BCUT2D eigenvalue weighted by molar-refractivity contribution is 5.79. The van der Waals surface area contributed by atoms with Crippen molar-refractivity contribution in [1.82, 2.24) is 15.6 Å². The third-order valence-electron chi connectivity index (χ3n) is 4.16. The zero-order valence-corrected chi connectivity index (χ0v) is 14.7. The highest BCUT2D eigenvalue weighted by Crippen LogP contribution is 2.17. The van der Waals surface area contributed by atoms with Crippen molar-refractivity contribution >= 4 is 11.8 Å². The van der Waals surface area contributed by atoms with Gasteiger partial charge in [-0.25, -0.2) is 4.98 Å². The maximum absolute atomic E-state index is 5.40. The Labute approximate surface area is 139 Å². The summed E-state index contributed by atoms with van der Waals surface area (Å²) < 4.78 is 5.40. The van der Waals surface area contributed by atoms with E-state index in [1.54, 1.807) is 14.2 Å². The van der Waals surface area contributed by atoms with E-state index in [0.29, 0.717) is 13.1 Å². The second kappa shape index (κ2) is 8.15. The van der Waals surface area contributed by atoms with Gasteiger partial charge in [-0.05, 0) is 38.3 Å². The molecule has 6 heteroatoms. The molecule has 0 saturated carbocycles. The molecule has 0 aromatic carbocycles. The van der Waals surface area contributed by atoms with E-state index in [0.717, 1.165) is 30.4 Å². The standard InChI is InChI=1S/C17H29N5O/c1-17(2,23-4)13-21-16(18-3)20-12-14-7-8-15(19-11-14)22-9-5-6-10-22/h7-8,11H,5-6,9-10,12-13H2,1-4H3,(H2,18,20,21). The number of ether oxygens (including phenoxy) is 1. The summed E-state index contributed by atoms with van der Waals surface area (Å²) in [5, 5.41) is 6.57. The second-order valence-corrected chi connectivity index (χ2v) is 6.46. The lowest BCUT2D eigenvalue weighted by molar-refractivity contribution is 0.0268. The lowest BCUT2D eigenvalue weighted by Crippen LogP contribution is -2.45. The molecule has 128 valence electrons. The number of aliphatic imine (C=N–C) groups is 1. The molecule has 1 fully saturated rings. The molecule has 0 radical (unpaired) electrons. The zero-order chi connectivity index (χ0) is 16.7. The van der Waals surface area contributed by atoms with Gasteiger partial charge in [-0.2, -0.15) is 0 Å². The molecular weight excluding hydrogens is 290 g/mol. The number of anilines is 1. The lowest BCUT2D eigenvalue weighted by atomic mass is 10.1. The first-order chi connectivity index (χ1) is 11.0. The SMILES string of the molecule is CN=C(NCc1ccc(N2CCCC2)nc1)NCC(C)(C)OC. The zero-order valence-electron chi connectivity index (χ0n) is 14.7. The molecule has 1 saturated heterocycles. The van der Waals surface area contributed by atoms with Gasteiger partial charge < -0.3 is 20.3 Å². The van der Waals surface area contributed by atoms with Crippen LogP contribution in [0.4, 0.5) is 5.82 Å². The molecule has 1 aliphatic heterocycles. The maximum atomic E-state index is 5.40. The monoisotopic (exact) mass is 319 g/mol. The molecule has 0 bridgehead atoms. The minimum Gasteiger partial charge on any atom is -0.377 e. The van der Waals surface area contributed by atoms with Gasteiger partial charge in [0.1, 0.15) is 5.82 Å². The van der Waals surface area contributed by atoms with Crippen LogP contribution in [0, 0.1) is 0 Å². The number of pyridine rings is 1. The molecule has 0 amide bonds. The summed E-state index contributed by atoms with van der Waals surface area (Å²) in [6.07, 6.45) is 4.47. The van der Waals surface area contributed by atoms with Crippen LogP contribution in [0.5, 0.6) is 0 Å². The highest BCUT2D eigenvalue weighted by Gasteiger charge is 2.16. The molecule has 6 nitrogen and oxygen atoms in total. The van der Waals surface area contributed by atoms with E-state index >= 15 is 0 Å². The molecular formula is C17H29N5O. The Bertz CT molecular complexity index is 506. The minimum absolute atomic E-state index is 0.226. The number of nitrogens with zero attached hydrogens (tertiary/aromatic N) is 3. The van der Waals surface area contributed by atoms with Crippen LogP contribution >= 0.6 is 0 Å². The van der Waals surface area contributed by atoms with E-state index in [4.69, 9.17) is 4.74 Å². The summed E-state index contributed by atoms with van der Waals surface area (Å²) in [4.78, 5) is 11.1. The third-order valence-corrected chi connectivity index (χ3v) is 4.16. The number of rotatable bonds is 6. The number of hydrogen-bond acceptors (Lipinski definition) is 4. The van der Waals surface area contributed by atoms with Crippen molar-refractivity contribution in [3.8, 4) is 0 Å². The van der Waals surface area contributed by atoms with E-state index in [1.807, 2.05) is 20.0 Å². The van der Waals surface area contributed by atoms with Crippen LogP contribution in [-0.2, 0) is 11.3 Å². The van der Waals surface area contributed by atoms with Gasteiger partial charge in [0.15, 0.2) is 5.96 Å². The van der Waals surface area contributed by atoms with E-state index < -0.39 is 0 Å². The Morgan fingerprint density at radius 3 is 2.61 bits per heavy atom. The van der Waals surface area contributed by atoms with E-state index in [9.17, 15) is 0 Å². The van der Waals surface area contributed by atoms with Gasteiger partial charge in [-0.3, -0.25) is 4.99 Å². The molecule has 1 aromatic rings. The van der Waals surface area contributed by atoms with Gasteiger partial charge in [0, 0.05) is 46.5 Å². The maximum Gasteiger partial charge on any atom is 0.191 e. The van der Waals surface area contributed by atoms with Crippen molar-refractivity contribution in [1.29, 1.82) is 0 Å². The van der Waals surface area contributed by atoms with Gasteiger partial charge in [0.05, 0.1) is 5.60 Å². The van der Waals surface area contributed by atoms with Gasteiger partial charge in [0.2, 0.25) is 0 Å². The predicted molar refractivity (Wildman–Crippen MR) is 95.0 cm³/mol.